The van der Waals surface area contributed by atoms with Gasteiger partial charge < -0.3 is 4.42 Å². The Morgan fingerprint density at radius 3 is 2.82 bits per heavy atom. The minimum Gasteiger partial charge on any atom is -0.415 e. The van der Waals surface area contributed by atoms with Crippen molar-refractivity contribution >= 4 is 11.1 Å². The summed E-state index contributed by atoms with van der Waals surface area (Å²) < 4.78 is 29.4. The smallest absolute Gasteiger partial charge is 0.382 e. The fraction of sp³-hybridized carbons (Fsp3) is 0. The van der Waals surface area contributed by atoms with Gasteiger partial charge in [-0.15, -0.1) is 4.39 Å². The third kappa shape index (κ3) is 0.869. The van der Waals surface area contributed by atoms with Gasteiger partial charge in [0.25, 0.3) is 0 Å². The van der Waals surface area contributed by atoms with Crippen molar-refractivity contribution < 1.29 is 13.2 Å². The first kappa shape index (κ1) is 6.27. The van der Waals surface area contributed by atoms with E-state index in [1.807, 2.05) is 0 Å². The van der Waals surface area contributed by atoms with Crippen molar-refractivity contribution in [1.82, 2.24) is 4.98 Å². The highest BCUT2D eigenvalue weighted by Gasteiger charge is 2.07. The van der Waals surface area contributed by atoms with E-state index < -0.39 is 12.0 Å². The van der Waals surface area contributed by atoms with Crippen LogP contribution in [0.15, 0.2) is 22.6 Å². The number of hydrogen-bond donors (Lipinski definition) is 0. The van der Waals surface area contributed by atoms with Gasteiger partial charge in [0.2, 0.25) is 0 Å². The van der Waals surface area contributed by atoms with E-state index in [9.17, 15) is 8.78 Å². The Balaban J connectivity index is 2.90. The molecule has 0 aliphatic rings. The molecule has 0 N–H and O–H groups in total. The first-order chi connectivity index (χ1) is 5.27. The second-order valence-electron chi connectivity index (χ2n) is 2.05. The highest BCUT2D eigenvalue weighted by molar-refractivity contribution is 5.72. The predicted molar refractivity (Wildman–Crippen MR) is 33.9 cm³/mol. The van der Waals surface area contributed by atoms with E-state index in [-0.39, 0.29) is 11.1 Å². The molecule has 0 aliphatic heterocycles. The minimum absolute atomic E-state index is 0.0648. The van der Waals surface area contributed by atoms with Crippen molar-refractivity contribution in [1.29, 1.82) is 0 Å². The molecule has 0 bridgehead atoms. The van der Waals surface area contributed by atoms with Gasteiger partial charge in [-0.1, -0.05) is 6.07 Å². The number of nitrogens with zero attached hydrogens (tertiary/aromatic N) is 1. The molecule has 1 aromatic carbocycles. The molecule has 1 aromatic heterocycles. The van der Waals surface area contributed by atoms with Crippen LogP contribution in [-0.4, -0.2) is 4.98 Å². The molecular formula is C7H3F2NO. The van der Waals surface area contributed by atoms with Crippen molar-refractivity contribution in [3.8, 4) is 0 Å². The normalized spacial score (nSPS) is 10.7. The van der Waals surface area contributed by atoms with E-state index in [1.54, 1.807) is 0 Å². The van der Waals surface area contributed by atoms with Crippen molar-refractivity contribution in [2.75, 3.05) is 0 Å². The summed E-state index contributed by atoms with van der Waals surface area (Å²) in [5.74, 6) is -0.574. The molecule has 0 amide bonds. The number of halogens is 2. The molecule has 1 heterocycles. The van der Waals surface area contributed by atoms with Crippen molar-refractivity contribution in [3.05, 3.63) is 30.2 Å². The fourth-order valence-electron chi connectivity index (χ4n) is 0.888. The maximum atomic E-state index is 12.7. The molecule has 2 aromatic rings. The lowest BCUT2D eigenvalue weighted by Crippen LogP contribution is -1.75. The third-order valence-corrected chi connectivity index (χ3v) is 1.34. The lowest BCUT2D eigenvalue weighted by atomic mass is 10.3. The van der Waals surface area contributed by atoms with Crippen molar-refractivity contribution in [2.24, 2.45) is 0 Å². The summed E-state index contributed by atoms with van der Waals surface area (Å²) in [6.45, 7) is 0. The van der Waals surface area contributed by atoms with E-state index in [0.29, 0.717) is 0 Å². The molecule has 0 unspecified atom stereocenters. The van der Waals surface area contributed by atoms with Crippen LogP contribution in [0.25, 0.3) is 11.1 Å². The molecule has 0 saturated carbocycles. The van der Waals surface area contributed by atoms with E-state index in [1.165, 1.54) is 18.2 Å². The summed E-state index contributed by atoms with van der Waals surface area (Å²) in [7, 11) is 0. The number of para-hydroxylation sites is 1. The van der Waals surface area contributed by atoms with Crippen LogP contribution in [0.5, 0.6) is 0 Å². The van der Waals surface area contributed by atoms with E-state index in [0.717, 1.165) is 0 Å². The van der Waals surface area contributed by atoms with Crippen molar-refractivity contribution in [3.63, 3.8) is 0 Å². The van der Waals surface area contributed by atoms with Gasteiger partial charge >= 0.3 is 6.14 Å². The lowest BCUT2D eigenvalue weighted by Gasteiger charge is -1.84. The SMILES string of the molecule is Fc1nc2c(F)cccc2o1. The summed E-state index contributed by atoms with van der Waals surface area (Å²) in [6, 6.07) is 4.08. The summed E-state index contributed by atoms with van der Waals surface area (Å²) in [6.07, 6.45) is -1.01. The second-order valence-corrected chi connectivity index (χ2v) is 2.05. The maximum Gasteiger partial charge on any atom is 0.382 e. The molecule has 0 fully saturated rings. The zero-order chi connectivity index (χ0) is 7.84. The lowest BCUT2D eigenvalue weighted by molar-refractivity contribution is 0.355. The number of benzene rings is 1. The predicted octanol–water partition coefficient (Wildman–Crippen LogP) is 2.11. The Kier molecular flexibility index (Phi) is 1.15. The largest absolute Gasteiger partial charge is 0.415 e. The molecule has 0 atom stereocenters. The number of fused-ring (bicyclic) bond motifs is 1. The second kappa shape index (κ2) is 2.02. The maximum absolute atomic E-state index is 12.7. The Bertz CT molecular complexity index is 396. The highest BCUT2D eigenvalue weighted by atomic mass is 19.1. The van der Waals surface area contributed by atoms with Gasteiger partial charge in [-0.2, -0.15) is 4.98 Å². The Hall–Kier alpha value is -1.45. The Morgan fingerprint density at radius 2 is 2.09 bits per heavy atom. The molecule has 11 heavy (non-hydrogen) atoms. The number of aromatic nitrogens is 1. The summed E-state index contributed by atoms with van der Waals surface area (Å²) >= 11 is 0. The molecular weight excluding hydrogens is 152 g/mol. The van der Waals surface area contributed by atoms with Gasteiger partial charge in [0, 0.05) is 0 Å². The van der Waals surface area contributed by atoms with Crippen LogP contribution in [0.3, 0.4) is 0 Å². The standard InChI is InChI=1S/C7H3F2NO/c8-4-2-1-3-5-6(4)10-7(9)11-5/h1-3H. The molecule has 56 valence electrons. The van der Waals surface area contributed by atoms with E-state index in [4.69, 9.17) is 0 Å². The van der Waals surface area contributed by atoms with Crippen LogP contribution in [0.1, 0.15) is 0 Å². The number of oxazole rings is 1. The monoisotopic (exact) mass is 155 g/mol. The van der Waals surface area contributed by atoms with Gasteiger partial charge in [0.1, 0.15) is 5.52 Å². The number of rotatable bonds is 0. The highest BCUT2D eigenvalue weighted by Crippen LogP contribution is 2.16. The van der Waals surface area contributed by atoms with Crippen LogP contribution in [0, 0.1) is 12.0 Å². The summed E-state index contributed by atoms with van der Waals surface area (Å²) in [5.41, 5.74) is 0.0625. The van der Waals surface area contributed by atoms with Crippen molar-refractivity contribution in [2.45, 2.75) is 0 Å². The molecule has 4 heteroatoms. The quantitative estimate of drug-likeness (QED) is 0.582. The van der Waals surface area contributed by atoms with Crippen LogP contribution in [0.2, 0.25) is 0 Å². The van der Waals surface area contributed by atoms with E-state index >= 15 is 0 Å². The Labute approximate surface area is 60.5 Å². The van der Waals surface area contributed by atoms with E-state index in [2.05, 4.69) is 9.40 Å². The average Bonchev–Trinajstić information content (AvgIpc) is 2.31. The molecule has 2 rings (SSSR count). The average molecular weight is 155 g/mol. The summed E-state index contributed by atoms with van der Waals surface area (Å²) in [4.78, 5) is 3.20. The van der Waals surface area contributed by atoms with Gasteiger partial charge in [0.05, 0.1) is 0 Å². The van der Waals surface area contributed by atoms with Gasteiger partial charge in [-0.3, -0.25) is 0 Å². The molecule has 0 aliphatic carbocycles. The van der Waals surface area contributed by atoms with Crippen LogP contribution in [-0.2, 0) is 0 Å². The topological polar surface area (TPSA) is 26.0 Å². The first-order valence-corrected chi connectivity index (χ1v) is 2.98. The number of hydrogen-bond acceptors (Lipinski definition) is 2. The zero-order valence-electron chi connectivity index (χ0n) is 5.34. The van der Waals surface area contributed by atoms with Crippen LogP contribution < -0.4 is 0 Å². The molecule has 0 radical (unpaired) electrons. The van der Waals surface area contributed by atoms with Crippen LogP contribution in [0.4, 0.5) is 8.78 Å². The fourth-order valence-corrected chi connectivity index (χ4v) is 0.888. The molecule has 0 saturated heterocycles. The zero-order valence-corrected chi connectivity index (χ0v) is 5.34. The van der Waals surface area contributed by atoms with Gasteiger partial charge in [0.15, 0.2) is 11.4 Å². The molecule has 2 nitrogen and oxygen atoms in total. The Morgan fingerprint density at radius 1 is 1.27 bits per heavy atom. The first-order valence-electron chi connectivity index (χ1n) is 2.98. The third-order valence-electron chi connectivity index (χ3n) is 1.34. The minimum atomic E-state index is -1.01. The van der Waals surface area contributed by atoms with Crippen LogP contribution >= 0.6 is 0 Å². The van der Waals surface area contributed by atoms with Gasteiger partial charge in [-0.25, -0.2) is 4.39 Å². The summed E-state index contributed by atoms with van der Waals surface area (Å²) in [5, 5.41) is 0. The molecule has 0 spiro atoms. The van der Waals surface area contributed by atoms with Gasteiger partial charge in [-0.05, 0) is 12.1 Å².